The number of carbonyl (C=O) groups is 3. The third-order valence-corrected chi connectivity index (χ3v) is 7.89. The van der Waals surface area contributed by atoms with Crippen LogP contribution in [0.1, 0.15) is 55.3 Å². The van der Waals surface area contributed by atoms with Crippen molar-refractivity contribution in [2.75, 3.05) is 45.8 Å². The molecule has 7 nitrogen and oxygen atoms in total. The van der Waals surface area contributed by atoms with Crippen LogP contribution in [0.3, 0.4) is 0 Å². The number of carbonyl (C=O) groups excluding carboxylic acids is 3. The van der Waals surface area contributed by atoms with Gasteiger partial charge in [-0.25, -0.2) is 0 Å². The molecule has 0 aromatic heterocycles. The van der Waals surface area contributed by atoms with Crippen molar-refractivity contribution < 1.29 is 14.4 Å². The molecule has 0 radical (unpaired) electrons. The molecule has 1 unspecified atom stereocenters. The van der Waals surface area contributed by atoms with Crippen LogP contribution in [0.25, 0.3) is 0 Å². The highest BCUT2D eigenvalue weighted by Gasteiger charge is 2.37. The summed E-state index contributed by atoms with van der Waals surface area (Å²) in [5, 5.41) is 4.00. The first kappa shape index (κ1) is 25.3. The number of rotatable bonds is 8. The molecule has 186 valence electrons. The number of amides is 3. The summed E-state index contributed by atoms with van der Waals surface area (Å²) in [5.74, 6) is 0.565. The standard InChI is InChI=1S/C25H34Cl2N4O3/c26-19-8-9-20(21(27)17-19)25(34)31-15-13-30(14-16-31)23(18-5-1-2-6-18)24(33)28-10-4-12-29-11-3-7-22(29)32/h8-9,17-18,23H,1-7,10-16H2,(H,28,33). The Balaban J connectivity index is 1.31. The van der Waals surface area contributed by atoms with Gasteiger partial charge in [0.05, 0.1) is 16.6 Å². The van der Waals surface area contributed by atoms with Gasteiger partial charge < -0.3 is 15.1 Å². The summed E-state index contributed by atoms with van der Waals surface area (Å²) in [4.78, 5) is 44.0. The SMILES string of the molecule is O=C(NCCCN1CCCC1=O)C(C1CCCC1)N1CCN(C(=O)c2ccc(Cl)cc2Cl)CC1. The lowest BCUT2D eigenvalue weighted by Crippen LogP contribution is -2.58. The molecule has 2 heterocycles. The zero-order valence-electron chi connectivity index (χ0n) is 19.6. The van der Waals surface area contributed by atoms with Crippen molar-refractivity contribution in [3.63, 3.8) is 0 Å². The van der Waals surface area contributed by atoms with Crippen molar-refractivity contribution in [3.8, 4) is 0 Å². The normalized spacial score (nSPS) is 20.7. The Labute approximate surface area is 211 Å². The van der Waals surface area contributed by atoms with Crippen LogP contribution in [0.4, 0.5) is 0 Å². The summed E-state index contributed by atoms with van der Waals surface area (Å²) in [6.45, 7) is 4.57. The number of nitrogens with zero attached hydrogens (tertiary/aromatic N) is 3. The molecule has 0 bridgehead atoms. The highest BCUT2D eigenvalue weighted by atomic mass is 35.5. The average molecular weight is 509 g/mol. The van der Waals surface area contributed by atoms with Crippen LogP contribution in [0, 0.1) is 5.92 Å². The molecule has 3 amide bonds. The van der Waals surface area contributed by atoms with Gasteiger partial charge in [-0.2, -0.15) is 0 Å². The summed E-state index contributed by atoms with van der Waals surface area (Å²) < 4.78 is 0. The first-order valence-electron chi connectivity index (χ1n) is 12.5. The van der Waals surface area contributed by atoms with E-state index >= 15 is 0 Å². The largest absolute Gasteiger partial charge is 0.355 e. The Morgan fingerprint density at radius 1 is 1.03 bits per heavy atom. The lowest BCUT2D eigenvalue weighted by atomic mass is 9.95. The zero-order chi connectivity index (χ0) is 24.1. The number of hydrogen-bond acceptors (Lipinski definition) is 4. The Bertz CT molecular complexity index is 898. The maximum absolute atomic E-state index is 13.3. The fourth-order valence-corrected chi connectivity index (χ4v) is 6.00. The van der Waals surface area contributed by atoms with Gasteiger partial charge in [-0.1, -0.05) is 36.0 Å². The van der Waals surface area contributed by atoms with Crippen LogP contribution in [0.5, 0.6) is 0 Å². The third kappa shape index (κ3) is 6.04. The van der Waals surface area contributed by atoms with Crippen LogP contribution < -0.4 is 5.32 Å². The molecule has 1 aromatic rings. The average Bonchev–Trinajstić information content (AvgIpc) is 3.49. The number of benzene rings is 1. The summed E-state index contributed by atoms with van der Waals surface area (Å²) >= 11 is 12.2. The van der Waals surface area contributed by atoms with Crippen LogP contribution in [0.15, 0.2) is 18.2 Å². The molecule has 3 fully saturated rings. The lowest BCUT2D eigenvalue weighted by Gasteiger charge is -2.40. The lowest BCUT2D eigenvalue weighted by molar-refractivity contribution is -0.129. The van der Waals surface area contributed by atoms with Gasteiger partial charge in [0.2, 0.25) is 11.8 Å². The fraction of sp³-hybridized carbons (Fsp3) is 0.640. The Morgan fingerprint density at radius 2 is 1.76 bits per heavy atom. The van der Waals surface area contributed by atoms with E-state index in [9.17, 15) is 14.4 Å². The van der Waals surface area contributed by atoms with E-state index in [1.807, 2.05) is 9.80 Å². The molecule has 1 atom stereocenters. The van der Waals surface area contributed by atoms with Crippen molar-refractivity contribution in [2.45, 2.75) is 51.0 Å². The van der Waals surface area contributed by atoms with E-state index in [4.69, 9.17) is 23.2 Å². The van der Waals surface area contributed by atoms with Gasteiger partial charge >= 0.3 is 0 Å². The predicted molar refractivity (Wildman–Crippen MR) is 133 cm³/mol. The highest BCUT2D eigenvalue weighted by Crippen LogP contribution is 2.31. The molecule has 3 aliphatic rings. The molecule has 4 rings (SSSR count). The molecule has 2 saturated heterocycles. The maximum atomic E-state index is 13.3. The third-order valence-electron chi connectivity index (χ3n) is 7.35. The first-order valence-corrected chi connectivity index (χ1v) is 13.2. The summed E-state index contributed by atoms with van der Waals surface area (Å²) in [5.41, 5.74) is 0.459. The number of likely N-dealkylation sites (tertiary alicyclic amines) is 1. The second-order valence-corrected chi connectivity index (χ2v) is 10.4. The molecule has 9 heteroatoms. The second-order valence-electron chi connectivity index (χ2n) is 9.57. The van der Waals surface area contributed by atoms with Gasteiger partial charge in [-0.3, -0.25) is 19.3 Å². The molecule has 1 aliphatic carbocycles. The van der Waals surface area contributed by atoms with Crippen molar-refractivity contribution in [2.24, 2.45) is 5.92 Å². The second kappa shape index (κ2) is 11.7. The minimum absolute atomic E-state index is 0.0835. The van der Waals surface area contributed by atoms with Gasteiger partial charge in [0.15, 0.2) is 0 Å². The van der Waals surface area contributed by atoms with Crippen LogP contribution >= 0.6 is 23.2 Å². The number of piperazine rings is 1. The molecule has 34 heavy (non-hydrogen) atoms. The smallest absolute Gasteiger partial charge is 0.255 e. The van der Waals surface area contributed by atoms with E-state index in [2.05, 4.69) is 10.2 Å². The van der Waals surface area contributed by atoms with Gasteiger partial charge in [0, 0.05) is 57.3 Å². The van der Waals surface area contributed by atoms with Crippen molar-refractivity contribution in [1.82, 2.24) is 20.0 Å². The van der Waals surface area contributed by atoms with Crippen molar-refractivity contribution >= 4 is 40.9 Å². The van der Waals surface area contributed by atoms with E-state index in [1.54, 1.807) is 18.2 Å². The van der Waals surface area contributed by atoms with Crippen molar-refractivity contribution in [1.29, 1.82) is 0 Å². The van der Waals surface area contributed by atoms with E-state index < -0.39 is 0 Å². The summed E-state index contributed by atoms with van der Waals surface area (Å²) in [7, 11) is 0. The van der Waals surface area contributed by atoms with Crippen LogP contribution in [-0.4, -0.2) is 84.3 Å². The minimum atomic E-state index is -0.160. The Kier molecular flexibility index (Phi) is 8.72. The van der Waals surface area contributed by atoms with Gasteiger partial charge in [-0.15, -0.1) is 0 Å². The number of hydrogen-bond donors (Lipinski definition) is 1. The van der Waals surface area contributed by atoms with E-state index in [0.29, 0.717) is 67.2 Å². The predicted octanol–water partition coefficient (Wildman–Crippen LogP) is 3.44. The molecular weight excluding hydrogens is 475 g/mol. The van der Waals surface area contributed by atoms with E-state index in [1.165, 1.54) is 12.8 Å². The monoisotopic (exact) mass is 508 g/mol. The molecule has 2 aliphatic heterocycles. The van der Waals surface area contributed by atoms with E-state index in [-0.39, 0.29) is 23.8 Å². The molecule has 1 saturated carbocycles. The summed E-state index contributed by atoms with van der Waals surface area (Å²) in [6, 6.07) is 4.78. The topological polar surface area (TPSA) is 73.0 Å². The quantitative estimate of drug-likeness (QED) is 0.545. The van der Waals surface area contributed by atoms with Crippen LogP contribution in [-0.2, 0) is 9.59 Å². The highest BCUT2D eigenvalue weighted by molar-refractivity contribution is 6.36. The molecule has 1 aromatic carbocycles. The number of nitrogens with one attached hydrogen (secondary N) is 1. The van der Waals surface area contributed by atoms with Gasteiger partial charge in [0.1, 0.15) is 0 Å². The molecule has 0 spiro atoms. The minimum Gasteiger partial charge on any atom is -0.355 e. The van der Waals surface area contributed by atoms with Crippen molar-refractivity contribution in [3.05, 3.63) is 33.8 Å². The Morgan fingerprint density at radius 3 is 2.41 bits per heavy atom. The fourth-order valence-electron chi connectivity index (χ4n) is 5.51. The molecular formula is C25H34Cl2N4O3. The number of halogens is 2. The van der Waals surface area contributed by atoms with Gasteiger partial charge in [-0.05, 0) is 49.8 Å². The van der Waals surface area contributed by atoms with E-state index in [0.717, 1.165) is 32.2 Å². The van der Waals surface area contributed by atoms with Gasteiger partial charge in [0.25, 0.3) is 5.91 Å². The zero-order valence-corrected chi connectivity index (χ0v) is 21.1. The Hall–Kier alpha value is -1.83. The molecule has 1 N–H and O–H groups in total. The summed E-state index contributed by atoms with van der Waals surface area (Å²) in [6.07, 6.45) is 6.83. The first-order chi connectivity index (χ1) is 16.4. The maximum Gasteiger partial charge on any atom is 0.255 e. The van der Waals surface area contributed by atoms with Crippen LogP contribution in [0.2, 0.25) is 10.0 Å².